The van der Waals surface area contributed by atoms with E-state index in [-0.39, 0.29) is 10.7 Å². The van der Waals surface area contributed by atoms with Crippen LogP contribution < -0.4 is 0 Å². The Morgan fingerprint density at radius 3 is 2.65 bits per heavy atom. The molecule has 0 spiro atoms. The van der Waals surface area contributed by atoms with E-state index in [2.05, 4.69) is 15.9 Å². The van der Waals surface area contributed by atoms with E-state index in [9.17, 15) is 4.79 Å². The number of nitrogens with zero attached hydrogens (tertiary/aromatic N) is 1. The van der Waals surface area contributed by atoms with Crippen LogP contribution >= 0.6 is 27.5 Å². The first-order chi connectivity index (χ1) is 8.16. The lowest BCUT2D eigenvalue weighted by Crippen LogP contribution is -2.31. The van der Waals surface area contributed by atoms with Crippen LogP contribution in [0.2, 0.25) is 5.02 Å². The molecule has 0 radical (unpaired) electrons. The first-order valence-electron chi connectivity index (χ1n) is 5.20. The van der Waals surface area contributed by atoms with E-state index in [0.29, 0.717) is 17.1 Å². The number of ketones is 1. The van der Waals surface area contributed by atoms with Gasteiger partial charge in [-0.3, -0.25) is 4.79 Å². The van der Waals surface area contributed by atoms with E-state index in [1.807, 2.05) is 29.3 Å². The van der Waals surface area contributed by atoms with Gasteiger partial charge in [0.05, 0.1) is 6.54 Å². The molecule has 0 bridgehead atoms. The van der Waals surface area contributed by atoms with E-state index < -0.39 is 0 Å². The average molecular weight is 313 g/mol. The van der Waals surface area contributed by atoms with Crippen LogP contribution in [0.3, 0.4) is 0 Å². The summed E-state index contributed by atoms with van der Waals surface area (Å²) in [5.74, 6) is 0.0751. The number of carbonyl (C=O) groups excluding carboxylic acids is 1. The molecule has 0 N–H and O–H groups in total. The van der Waals surface area contributed by atoms with Gasteiger partial charge in [0.15, 0.2) is 5.78 Å². The number of halogens is 2. The van der Waals surface area contributed by atoms with Gasteiger partial charge in [-0.15, -0.1) is 0 Å². The fourth-order valence-electron chi connectivity index (χ4n) is 1.54. The van der Waals surface area contributed by atoms with Gasteiger partial charge < -0.3 is 4.90 Å². The summed E-state index contributed by atoms with van der Waals surface area (Å²) in [5, 5.41) is 0.640. The van der Waals surface area contributed by atoms with Crippen molar-refractivity contribution in [1.82, 2.24) is 4.90 Å². The average Bonchev–Trinajstić information content (AvgIpc) is 2.33. The number of allylic oxidation sites excluding steroid dienone is 2. The Kier molecular flexibility index (Phi) is 4.02. The minimum absolute atomic E-state index is 0.0729. The topological polar surface area (TPSA) is 20.3 Å². The minimum atomic E-state index is 0.0729. The molecule has 0 amide bonds. The number of rotatable bonds is 3. The molecule has 1 aromatic rings. The molecule has 1 heterocycles. The van der Waals surface area contributed by atoms with Gasteiger partial charge in [0, 0.05) is 16.8 Å². The zero-order chi connectivity index (χ0) is 12.3. The predicted molar refractivity (Wildman–Crippen MR) is 73.5 cm³/mol. The lowest BCUT2D eigenvalue weighted by atomic mass is 10.1. The molecule has 2 nitrogen and oxygen atoms in total. The van der Waals surface area contributed by atoms with Crippen LogP contribution in [0, 0.1) is 0 Å². The zero-order valence-corrected chi connectivity index (χ0v) is 11.4. The third kappa shape index (κ3) is 3.20. The molecular formula is C13H11BrClNO. The summed E-state index contributed by atoms with van der Waals surface area (Å²) in [4.78, 5) is 14.0. The van der Waals surface area contributed by atoms with E-state index >= 15 is 0 Å². The van der Waals surface area contributed by atoms with Crippen LogP contribution in [0.4, 0.5) is 0 Å². The summed E-state index contributed by atoms with van der Waals surface area (Å²) in [5.41, 5.74) is 0.678. The second-order valence-corrected chi connectivity index (χ2v) is 5.08. The van der Waals surface area contributed by atoms with E-state index in [0.717, 1.165) is 0 Å². The molecule has 1 aromatic carbocycles. The highest BCUT2D eigenvalue weighted by Crippen LogP contribution is 2.16. The summed E-state index contributed by atoms with van der Waals surface area (Å²) in [6, 6.07) is 6.95. The van der Waals surface area contributed by atoms with Crippen molar-refractivity contribution in [2.24, 2.45) is 0 Å². The summed E-state index contributed by atoms with van der Waals surface area (Å²) in [6.45, 7) is 0.346. The van der Waals surface area contributed by atoms with Crippen LogP contribution in [0.1, 0.15) is 10.4 Å². The van der Waals surface area contributed by atoms with Gasteiger partial charge in [-0.05, 0) is 30.3 Å². The first-order valence-corrected chi connectivity index (χ1v) is 6.50. The quantitative estimate of drug-likeness (QED) is 0.482. The van der Waals surface area contributed by atoms with Crippen LogP contribution in [-0.4, -0.2) is 22.2 Å². The highest BCUT2D eigenvalue weighted by molar-refractivity contribution is 9.09. The summed E-state index contributed by atoms with van der Waals surface area (Å²) >= 11 is 9.26. The van der Waals surface area contributed by atoms with Crippen molar-refractivity contribution in [1.29, 1.82) is 0 Å². The highest BCUT2D eigenvalue weighted by Gasteiger charge is 2.15. The van der Waals surface area contributed by atoms with Crippen molar-refractivity contribution in [3.8, 4) is 0 Å². The molecule has 0 saturated heterocycles. The first kappa shape index (κ1) is 12.4. The van der Waals surface area contributed by atoms with Gasteiger partial charge in [-0.2, -0.15) is 0 Å². The molecule has 1 atom stereocenters. The molecule has 4 heteroatoms. The third-order valence-corrected chi connectivity index (χ3v) is 3.55. The smallest absolute Gasteiger partial charge is 0.182 e. The molecule has 1 aliphatic heterocycles. The largest absolute Gasteiger partial charge is 0.354 e. The normalized spacial score (nSPS) is 18.5. The maximum absolute atomic E-state index is 12.0. The van der Waals surface area contributed by atoms with Gasteiger partial charge in [-0.1, -0.05) is 39.7 Å². The Morgan fingerprint density at radius 1 is 1.29 bits per heavy atom. The fraction of sp³-hybridized carbons (Fsp3) is 0.154. The zero-order valence-electron chi connectivity index (χ0n) is 9.01. The molecule has 2 rings (SSSR count). The van der Waals surface area contributed by atoms with Crippen LogP contribution in [0.5, 0.6) is 0 Å². The van der Waals surface area contributed by atoms with Gasteiger partial charge >= 0.3 is 0 Å². The lowest BCUT2D eigenvalue weighted by molar-refractivity contribution is 0.0956. The number of hydrogen-bond donors (Lipinski definition) is 0. The van der Waals surface area contributed by atoms with Crippen LogP contribution in [0.25, 0.3) is 0 Å². The summed E-state index contributed by atoms with van der Waals surface area (Å²) in [7, 11) is 0. The molecule has 0 aromatic heterocycles. The minimum Gasteiger partial charge on any atom is -0.354 e. The summed E-state index contributed by atoms with van der Waals surface area (Å²) in [6.07, 6.45) is 7.73. The predicted octanol–water partition coefficient (Wildman–Crippen LogP) is 3.63. The van der Waals surface area contributed by atoms with E-state index in [1.165, 1.54) is 0 Å². The van der Waals surface area contributed by atoms with Crippen LogP contribution in [0.15, 0.2) is 48.7 Å². The van der Waals surface area contributed by atoms with Crippen molar-refractivity contribution in [2.45, 2.75) is 4.95 Å². The van der Waals surface area contributed by atoms with E-state index in [1.54, 1.807) is 24.3 Å². The Bertz CT molecular complexity index is 467. The van der Waals surface area contributed by atoms with Crippen LogP contribution in [-0.2, 0) is 0 Å². The molecular weight excluding hydrogens is 302 g/mol. The molecule has 1 aliphatic rings. The number of Topliss-reactive ketones (excluding diaryl/α,β-unsaturated/α-hetero) is 1. The SMILES string of the molecule is O=C(CN1C=CC=CC1Br)c1ccc(Cl)cc1. The molecule has 1 unspecified atom stereocenters. The lowest BCUT2D eigenvalue weighted by Gasteiger charge is -2.25. The maximum Gasteiger partial charge on any atom is 0.182 e. The van der Waals surface area contributed by atoms with Crippen molar-refractivity contribution < 1.29 is 4.79 Å². The van der Waals surface area contributed by atoms with Gasteiger partial charge in [0.2, 0.25) is 0 Å². The maximum atomic E-state index is 12.0. The number of hydrogen-bond acceptors (Lipinski definition) is 2. The molecule has 88 valence electrons. The van der Waals surface area contributed by atoms with Gasteiger partial charge in [0.25, 0.3) is 0 Å². The standard InChI is InChI=1S/C13H11BrClNO/c14-13-3-1-2-8-16(13)9-12(17)10-4-6-11(15)7-5-10/h1-8,13H,9H2. The monoisotopic (exact) mass is 311 g/mol. The molecule has 0 saturated carbocycles. The Balaban J connectivity index is 2.04. The fourth-order valence-corrected chi connectivity index (χ4v) is 2.13. The molecule has 17 heavy (non-hydrogen) atoms. The Labute approximate surface area is 114 Å². The number of benzene rings is 1. The number of alkyl halides is 1. The summed E-state index contributed by atoms with van der Waals surface area (Å²) < 4.78 is 0. The van der Waals surface area contributed by atoms with Gasteiger partial charge in [0.1, 0.15) is 4.95 Å². The molecule has 0 aliphatic carbocycles. The third-order valence-electron chi connectivity index (χ3n) is 2.47. The van der Waals surface area contributed by atoms with Crippen molar-refractivity contribution in [2.75, 3.05) is 6.54 Å². The molecule has 0 fully saturated rings. The highest BCUT2D eigenvalue weighted by atomic mass is 79.9. The second-order valence-electron chi connectivity index (χ2n) is 3.70. The van der Waals surface area contributed by atoms with E-state index in [4.69, 9.17) is 11.6 Å². The van der Waals surface area contributed by atoms with Crippen molar-refractivity contribution in [3.63, 3.8) is 0 Å². The Hall–Kier alpha value is -1.06. The number of carbonyl (C=O) groups is 1. The van der Waals surface area contributed by atoms with Crippen molar-refractivity contribution in [3.05, 3.63) is 59.3 Å². The Morgan fingerprint density at radius 2 is 2.00 bits per heavy atom. The second kappa shape index (κ2) is 5.52. The van der Waals surface area contributed by atoms with Gasteiger partial charge in [-0.25, -0.2) is 0 Å². The van der Waals surface area contributed by atoms with Crippen molar-refractivity contribution >= 4 is 33.3 Å².